The molecule has 1 aliphatic rings. The standard InChI is InChI=1S/C17H22N2O/c1-11-3-4-13(9-12(11)2)20-17-6-5-16(18)15-10-19-8-7-14(15)17/h5-8,10-13H,3-4,9,18H2,1-2H3. The highest BCUT2D eigenvalue weighted by atomic mass is 16.5. The zero-order valence-electron chi connectivity index (χ0n) is 12.2. The molecule has 1 aliphatic carbocycles. The molecule has 3 atom stereocenters. The highest BCUT2D eigenvalue weighted by Crippen LogP contribution is 2.35. The van der Waals surface area contributed by atoms with E-state index < -0.39 is 0 Å². The van der Waals surface area contributed by atoms with Gasteiger partial charge in [0.15, 0.2) is 0 Å². The molecule has 1 saturated carbocycles. The number of nitrogens with zero attached hydrogens (tertiary/aromatic N) is 1. The van der Waals surface area contributed by atoms with E-state index in [-0.39, 0.29) is 0 Å². The number of pyridine rings is 1. The van der Waals surface area contributed by atoms with Crippen LogP contribution in [0.25, 0.3) is 10.8 Å². The van der Waals surface area contributed by atoms with Crippen LogP contribution in [0.3, 0.4) is 0 Å². The Labute approximate surface area is 120 Å². The number of benzene rings is 1. The van der Waals surface area contributed by atoms with Gasteiger partial charge in [-0.15, -0.1) is 0 Å². The van der Waals surface area contributed by atoms with Crippen LogP contribution in [0.1, 0.15) is 33.1 Å². The first-order chi connectivity index (χ1) is 9.65. The molecule has 2 aromatic rings. The zero-order valence-corrected chi connectivity index (χ0v) is 12.2. The molecule has 106 valence electrons. The summed E-state index contributed by atoms with van der Waals surface area (Å²) in [7, 11) is 0. The molecule has 2 N–H and O–H groups in total. The normalized spacial score (nSPS) is 26.6. The van der Waals surface area contributed by atoms with Crippen molar-refractivity contribution in [3.8, 4) is 5.75 Å². The largest absolute Gasteiger partial charge is 0.490 e. The number of hydrogen-bond acceptors (Lipinski definition) is 3. The molecule has 0 radical (unpaired) electrons. The molecule has 0 amide bonds. The SMILES string of the molecule is CC1CCC(Oc2ccc(N)c3cnccc23)CC1C. The van der Waals surface area contributed by atoms with Crippen molar-refractivity contribution in [2.45, 2.75) is 39.2 Å². The smallest absolute Gasteiger partial charge is 0.127 e. The number of anilines is 1. The highest BCUT2D eigenvalue weighted by Gasteiger charge is 2.26. The molecule has 3 unspecified atom stereocenters. The minimum absolute atomic E-state index is 0.321. The maximum atomic E-state index is 6.26. The minimum atomic E-state index is 0.321. The summed E-state index contributed by atoms with van der Waals surface area (Å²) in [5.74, 6) is 2.47. The number of hydrogen-bond donors (Lipinski definition) is 1. The van der Waals surface area contributed by atoms with Gasteiger partial charge in [0.25, 0.3) is 0 Å². The van der Waals surface area contributed by atoms with E-state index >= 15 is 0 Å². The number of rotatable bonds is 2. The van der Waals surface area contributed by atoms with Gasteiger partial charge in [-0.25, -0.2) is 0 Å². The van der Waals surface area contributed by atoms with Crippen molar-refractivity contribution in [3.63, 3.8) is 0 Å². The number of nitrogens with two attached hydrogens (primary N) is 1. The van der Waals surface area contributed by atoms with Crippen molar-refractivity contribution in [1.29, 1.82) is 0 Å². The van der Waals surface area contributed by atoms with Gasteiger partial charge in [0.1, 0.15) is 5.75 Å². The summed E-state index contributed by atoms with van der Waals surface area (Å²) in [4.78, 5) is 4.15. The fraction of sp³-hybridized carbons (Fsp3) is 0.471. The molecule has 0 bridgehead atoms. The molecule has 0 spiro atoms. The summed E-state index contributed by atoms with van der Waals surface area (Å²) < 4.78 is 6.26. The van der Waals surface area contributed by atoms with Crippen LogP contribution >= 0.6 is 0 Å². The van der Waals surface area contributed by atoms with Crippen molar-refractivity contribution in [2.75, 3.05) is 5.73 Å². The lowest BCUT2D eigenvalue weighted by Crippen LogP contribution is -2.28. The van der Waals surface area contributed by atoms with Gasteiger partial charge in [-0.1, -0.05) is 13.8 Å². The van der Waals surface area contributed by atoms with E-state index in [1.165, 1.54) is 6.42 Å². The first-order valence-corrected chi connectivity index (χ1v) is 7.44. The molecule has 20 heavy (non-hydrogen) atoms. The molecule has 0 saturated heterocycles. The van der Waals surface area contributed by atoms with E-state index in [1.807, 2.05) is 24.4 Å². The van der Waals surface area contributed by atoms with E-state index in [2.05, 4.69) is 18.8 Å². The van der Waals surface area contributed by atoms with Crippen LogP contribution in [0.5, 0.6) is 5.75 Å². The van der Waals surface area contributed by atoms with E-state index in [0.717, 1.165) is 46.9 Å². The van der Waals surface area contributed by atoms with Crippen molar-refractivity contribution >= 4 is 16.5 Å². The Morgan fingerprint density at radius 3 is 2.75 bits per heavy atom. The summed E-state index contributed by atoms with van der Waals surface area (Å²) in [6.07, 6.45) is 7.45. The van der Waals surface area contributed by atoms with Crippen LogP contribution in [0.4, 0.5) is 5.69 Å². The second kappa shape index (κ2) is 5.31. The predicted molar refractivity (Wildman–Crippen MR) is 82.8 cm³/mol. The maximum Gasteiger partial charge on any atom is 0.127 e. The molecular formula is C17H22N2O. The van der Waals surface area contributed by atoms with Gasteiger partial charge < -0.3 is 10.5 Å². The molecule has 1 heterocycles. The lowest BCUT2D eigenvalue weighted by Gasteiger charge is -2.32. The summed E-state index contributed by atoms with van der Waals surface area (Å²) in [6.45, 7) is 4.66. The third-order valence-electron chi connectivity index (χ3n) is 4.66. The minimum Gasteiger partial charge on any atom is -0.490 e. The van der Waals surface area contributed by atoms with Gasteiger partial charge in [-0.3, -0.25) is 4.98 Å². The topological polar surface area (TPSA) is 48.1 Å². The van der Waals surface area contributed by atoms with Gasteiger partial charge in [0.05, 0.1) is 6.10 Å². The van der Waals surface area contributed by atoms with E-state index in [0.29, 0.717) is 6.10 Å². The Morgan fingerprint density at radius 1 is 1.10 bits per heavy atom. The predicted octanol–water partition coefficient (Wildman–Crippen LogP) is 4.02. The lowest BCUT2D eigenvalue weighted by atomic mass is 9.80. The monoisotopic (exact) mass is 270 g/mol. The Hall–Kier alpha value is -1.77. The fourth-order valence-electron chi connectivity index (χ4n) is 3.07. The molecule has 1 fully saturated rings. The van der Waals surface area contributed by atoms with Crippen molar-refractivity contribution in [2.24, 2.45) is 11.8 Å². The third kappa shape index (κ3) is 2.45. The molecule has 0 aliphatic heterocycles. The van der Waals surface area contributed by atoms with E-state index in [4.69, 9.17) is 10.5 Å². The third-order valence-corrected chi connectivity index (χ3v) is 4.66. The fourth-order valence-corrected chi connectivity index (χ4v) is 3.07. The molecule has 3 rings (SSSR count). The Bertz CT molecular complexity index is 611. The molecule has 1 aromatic carbocycles. The molecule has 3 heteroatoms. The highest BCUT2D eigenvalue weighted by molar-refractivity contribution is 5.96. The van der Waals surface area contributed by atoms with Crippen LogP contribution in [-0.4, -0.2) is 11.1 Å². The lowest BCUT2D eigenvalue weighted by molar-refractivity contribution is 0.102. The van der Waals surface area contributed by atoms with Crippen molar-refractivity contribution in [3.05, 3.63) is 30.6 Å². The van der Waals surface area contributed by atoms with Crippen LogP contribution < -0.4 is 10.5 Å². The van der Waals surface area contributed by atoms with Gasteiger partial charge in [0, 0.05) is 28.9 Å². The number of nitrogen functional groups attached to an aromatic ring is 1. The van der Waals surface area contributed by atoms with E-state index in [9.17, 15) is 0 Å². The Morgan fingerprint density at radius 2 is 1.95 bits per heavy atom. The average Bonchev–Trinajstić information content (AvgIpc) is 2.46. The number of ether oxygens (including phenoxy) is 1. The van der Waals surface area contributed by atoms with Gasteiger partial charge in [-0.05, 0) is 49.3 Å². The average molecular weight is 270 g/mol. The van der Waals surface area contributed by atoms with E-state index in [1.54, 1.807) is 6.20 Å². The molecule has 1 aromatic heterocycles. The maximum absolute atomic E-state index is 6.26. The van der Waals surface area contributed by atoms with Crippen molar-refractivity contribution < 1.29 is 4.74 Å². The Balaban J connectivity index is 1.86. The zero-order chi connectivity index (χ0) is 14.1. The molecule has 3 nitrogen and oxygen atoms in total. The first kappa shape index (κ1) is 13.2. The molecular weight excluding hydrogens is 248 g/mol. The van der Waals surface area contributed by atoms with Crippen molar-refractivity contribution in [1.82, 2.24) is 4.98 Å². The summed E-state index contributed by atoms with van der Waals surface area (Å²) in [5.41, 5.74) is 6.76. The quantitative estimate of drug-likeness (QED) is 0.838. The summed E-state index contributed by atoms with van der Waals surface area (Å²) in [6, 6.07) is 5.88. The van der Waals surface area contributed by atoms with Gasteiger partial charge >= 0.3 is 0 Å². The number of fused-ring (bicyclic) bond motifs is 1. The van der Waals surface area contributed by atoms with Gasteiger partial charge in [0.2, 0.25) is 0 Å². The summed E-state index contributed by atoms with van der Waals surface area (Å²) >= 11 is 0. The Kier molecular flexibility index (Phi) is 3.51. The second-order valence-electron chi connectivity index (χ2n) is 6.08. The number of aromatic nitrogens is 1. The summed E-state index contributed by atoms with van der Waals surface area (Å²) in [5, 5.41) is 2.04. The van der Waals surface area contributed by atoms with Gasteiger partial charge in [-0.2, -0.15) is 0 Å². The first-order valence-electron chi connectivity index (χ1n) is 7.44. The van der Waals surface area contributed by atoms with Crippen LogP contribution in [0, 0.1) is 11.8 Å². The van der Waals surface area contributed by atoms with Crippen LogP contribution in [-0.2, 0) is 0 Å². The van der Waals surface area contributed by atoms with Crippen LogP contribution in [0.2, 0.25) is 0 Å². The van der Waals surface area contributed by atoms with Crippen LogP contribution in [0.15, 0.2) is 30.6 Å². The second-order valence-corrected chi connectivity index (χ2v) is 6.08.